The summed E-state index contributed by atoms with van der Waals surface area (Å²) in [5.41, 5.74) is 3.81. The van der Waals surface area contributed by atoms with Gasteiger partial charge in [-0.3, -0.25) is 8.61 Å². The quantitative estimate of drug-likeness (QED) is 0.534. The number of aromatic amines is 1. The average molecular weight is 399 g/mol. The lowest BCUT2D eigenvalue weighted by Crippen LogP contribution is -2.23. The van der Waals surface area contributed by atoms with E-state index < -0.39 is 15.5 Å². The number of nitrogens with one attached hydrogen (secondary N) is 1. The van der Waals surface area contributed by atoms with E-state index in [0.29, 0.717) is 21.9 Å². The lowest BCUT2D eigenvalue weighted by atomic mass is 10.2. The lowest BCUT2D eigenvalue weighted by molar-refractivity contribution is 0.198. The molecule has 0 aliphatic carbocycles. The van der Waals surface area contributed by atoms with E-state index in [0.717, 1.165) is 16.8 Å². The highest BCUT2D eigenvalue weighted by molar-refractivity contribution is 7.86. The van der Waals surface area contributed by atoms with Crippen LogP contribution in [0.4, 0.5) is 0 Å². The SMILES string of the molecule is CC(C)(C)S(=O)c1cn2c(-c3cnc4nc[nH]c4c3)cnc2cc1OCCO. The number of aliphatic hydroxyl groups is 1. The van der Waals surface area contributed by atoms with E-state index in [9.17, 15) is 4.21 Å². The first-order valence-corrected chi connectivity index (χ1v) is 9.99. The van der Waals surface area contributed by atoms with E-state index in [1.54, 1.807) is 31.0 Å². The maximum Gasteiger partial charge on any atom is 0.177 e. The summed E-state index contributed by atoms with van der Waals surface area (Å²) in [6, 6.07) is 3.70. The van der Waals surface area contributed by atoms with E-state index in [4.69, 9.17) is 9.84 Å². The molecular formula is C19H21N5O3S. The third kappa shape index (κ3) is 3.27. The van der Waals surface area contributed by atoms with Crippen LogP contribution in [0.2, 0.25) is 0 Å². The first-order chi connectivity index (χ1) is 13.4. The number of ether oxygens (including phenoxy) is 1. The van der Waals surface area contributed by atoms with Gasteiger partial charge in [0.05, 0.1) is 46.0 Å². The first-order valence-electron chi connectivity index (χ1n) is 8.84. The van der Waals surface area contributed by atoms with Crippen LogP contribution in [0.15, 0.2) is 41.9 Å². The summed E-state index contributed by atoms with van der Waals surface area (Å²) in [7, 11) is -1.32. The predicted molar refractivity (Wildman–Crippen MR) is 107 cm³/mol. The van der Waals surface area contributed by atoms with Crippen molar-refractivity contribution >= 4 is 27.6 Å². The second-order valence-electron chi connectivity index (χ2n) is 7.32. The smallest absolute Gasteiger partial charge is 0.177 e. The molecule has 0 aliphatic rings. The molecule has 1 atom stereocenters. The van der Waals surface area contributed by atoms with Crippen molar-refractivity contribution in [2.24, 2.45) is 0 Å². The molecule has 0 saturated heterocycles. The van der Waals surface area contributed by atoms with Gasteiger partial charge in [-0.25, -0.2) is 15.0 Å². The Kier molecular flexibility index (Phi) is 4.64. The fraction of sp³-hybridized carbons (Fsp3) is 0.316. The Hall–Kier alpha value is -2.78. The molecule has 2 N–H and O–H groups in total. The van der Waals surface area contributed by atoms with Crippen LogP contribution < -0.4 is 4.74 Å². The maximum absolute atomic E-state index is 13.1. The van der Waals surface area contributed by atoms with Crippen LogP contribution in [0.1, 0.15) is 20.8 Å². The van der Waals surface area contributed by atoms with Crippen LogP contribution in [0.5, 0.6) is 5.75 Å². The van der Waals surface area contributed by atoms with Crippen LogP contribution in [0, 0.1) is 0 Å². The highest BCUT2D eigenvalue weighted by Gasteiger charge is 2.26. The summed E-state index contributed by atoms with van der Waals surface area (Å²) in [5.74, 6) is 0.467. The van der Waals surface area contributed by atoms with Crippen molar-refractivity contribution in [2.45, 2.75) is 30.4 Å². The number of hydrogen-bond acceptors (Lipinski definition) is 6. The van der Waals surface area contributed by atoms with Crippen molar-refractivity contribution in [3.05, 3.63) is 37.1 Å². The molecule has 0 bridgehead atoms. The third-order valence-electron chi connectivity index (χ3n) is 4.25. The van der Waals surface area contributed by atoms with E-state index in [1.165, 1.54) is 0 Å². The molecule has 0 radical (unpaired) electrons. The zero-order valence-corrected chi connectivity index (χ0v) is 16.7. The Labute approximate surface area is 164 Å². The molecule has 8 nitrogen and oxygen atoms in total. The predicted octanol–water partition coefficient (Wildman–Crippen LogP) is 2.55. The molecule has 146 valence electrons. The normalized spacial score (nSPS) is 13.3. The van der Waals surface area contributed by atoms with E-state index in [2.05, 4.69) is 19.9 Å². The summed E-state index contributed by atoms with van der Waals surface area (Å²) in [6.45, 7) is 5.73. The monoisotopic (exact) mass is 399 g/mol. The molecule has 0 fully saturated rings. The van der Waals surface area contributed by atoms with Crippen molar-refractivity contribution in [1.29, 1.82) is 0 Å². The van der Waals surface area contributed by atoms with E-state index in [-0.39, 0.29) is 13.2 Å². The van der Waals surface area contributed by atoms with Gasteiger partial charge < -0.3 is 14.8 Å². The van der Waals surface area contributed by atoms with Gasteiger partial charge in [0.1, 0.15) is 18.0 Å². The maximum atomic E-state index is 13.1. The standard InChI is InChI=1S/C19H21N5O3S/c1-19(2,3)28(26)16-10-24-14(9-20-17(24)7-15(16)27-5-4-25)12-6-13-18(21-8-12)23-11-22-13/h6-11,25H,4-5H2,1-3H3,(H,21,22,23). The van der Waals surface area contributed by atoms with Gasteiger partial charge in [0, 0.05) is 28.8 Å². The summed E-state index contributed by atoms with van der Waals surface area (Å²) >= 11 is 0. The first kappa shape index (κ1) is 18.6. The Morgan fingerprint density at radius 3 is 2.79 bits per heavy atom. The number of hydrogen-bond donors (Lipinski definition) is 2. The van der Waals surface area contributed by atoms with Crippen molar-refractivity contribution in [3.8, 4) is 17.0 Å². The van der Waals surface area contributed by atoms with E-state index >= 15 is 0 Å². The number of aliphatic hydroxyl groups excluding tert-OH is 1. The second kappa shape index (κ2) is 6.99. The molecule has 4 rings (SSSR count). The summed E-state index contributed by atoms with van der Waals surface area (Å²) in [5, 5.41) is 9.12. The molecule has 0 aromatic carbocycles. The highest BCUT2D eigenvalue weighted by Crippen LogP contribution is 2.32. The molecule has 0 amide bonds. The fourth-order valence-electron chi connectivity index (χ4n) is 2.91. The third-order valence-corrected chi connectivity index (χ3v) is 6.07. The average Bonchev–Trinajstić information content (AvgIpc) is 3.29. The van der Waals surface area contributed by atoms with Crippen LogP contribution in [0.3, 0.4) is 0 Å². The zero-order chi connectivity index (χ0) is 19.9. The zero-order valence-electron chi connectivity index (χ0n) is 15.8. The van der Waals surface area contributed by atoms with Gasteiger partial charge in [-0.15, -0.1) is 0 Å². The van der Waals surface area contributed by atoms with Gasteiger partial charge in [0.25, 0.3) is 0 Å². The molecule has 0 aliphatic heterocycles. The molecular weight excluding hydrogens is 378 g/mol. The van der Waals surface area contributed by atoms with Gasteiger partial charge in [-0.2, -0.15) is 0 Å². The van der Waals surface area contributed by atoms with Gasteiger partial charge in [-0.05, 0) is 26.8 Å². The Bertz CT molecular complexity index is 1180. The number of imidazole rings is 2. The molecule has 4 aromatic heterocycles. The Balaban J connectivity index is 1.89. The van der Waals surface area contributed by atoms with Crippen LogP contribution in [-0.4, -0.2) is 51.6 Å². The van der Waals surface area contributed by atoms with Crippen molar-refractivity contribution in [3.63, 3.8) is 0 Å². The summed E-state index contributed by atoms with van der Waals surface area (Å²) in [4.78, 5) is 16.6. The number of aromatic nitrogens is 5. The van der Waals surface area contributed by atoms with Crippen LogP contribution in [-0.2, 0) is 10.8 Å². The lowest BCUT2D eigenvalue weighted by Gasteiger charge is -2.20. The van der Waals surface area contributed by atoms with Gasteiger partial charge in [0.2, 0.25) is 0 Å². The minimum Gasteiger partial charge on any atom is -0.490 e. The van der Waals surface area contributed by atoms with Crippen molar-refractivity contribution < 1.29 is 14.1 Å². The fourth-order valence-corrected chi connectivity index (χ4v) is 4.07. The number of rotatable bonds is 5. The Morgan fingerprint density at radius 1 is 1.21 bits per heavy atom. The van der Waals surface area contributed by atoms with Crippen LogP contribution in [0.25, 0.3) is 28.1 Å². The minimum atomic E-state index is -1.32. The van der Waals surface area contributed by atoms with Crippen molar-refractivity contribution in [2.75, 3.05) is 13.2 Å². The van der Waals surface area contributed by atoms with Gasteiger partial charge >= 0.3 is 0 Å². The van der Waals surface area contributed by atoms with Crippen LogP contribution >= 0.6 is 0 Å². The topological polar surface area (TPSA) is 105 Å². The summed E-state index contributed by atoms with van der Waals surface area (Å²) in [6.07, 6.45) is 6.88. The largest absolute Gasteiger partial charge is 0.490 e. The number of nitrogens with zero attached hydrogens (tertiary/aromatic N) is 4. The number of pyridine rings is 2. The number of fused-ring (bicyclic) bond motifs is 2. The van der Waals surface area contributed by atoms with Crippen molar-refractivity contribution in [1.82, 2.24) is 24.3 Å². The molecule has 0 saturated carbocycles. The molecule has 9 heteroatoms. The molecule has 4 heterocycles. The Morgan fingerprint density at radius 2 is 2.04 bits per heavy atom. The van der Waals surface area contributed by atoms with Gasteiger partial charge in [-0.1, -0.05) is 0 Å². The highest BCUT2D eigenvalue weighted by atomic mass is 32.2. The second-order valence-corrected chi connectivity index (χ2v) is 9.53. The minimum absolute atomic E-state index is 0.123. The molecule has 1 unspecified atom stereocenters. The molecule has 0 spiro atoms. The molecule has 28 heavy (non-hydrogen) atoms. The number of H-pyrrole nitrogens is 1. The summed E-state index contributed by atoms with van der Waals surface area (Å²) < 4.78 is 20.2. The van der Waals surface area contributed by atoms with Gasteiger partial charge in [0.15, 0.2) is 5.65 Å². The van der Waals surface area contributed by atoms with E-state index in [1.807, 2.05) is 31.2 Å². The molecule has 4 aromatic rings.